The van der Waals surface area contributed by atoms with Crippen LogP contribution in [-0.4, -0.2) is 28.0 Å². The summed E-state index contributed by atoms with van der Waals surface area (Å²) in [5, 5.41) is 4.30. The van der Waals surface area contributed by atoms with Crippen LogP contribution >= 0.6 is 0 Å². The number of amides is 1. The molecule has 0 aliphatic rings. The van der Waals surface area contributed by atoms with Gasteiger partial charge in [-0.15, -0.1) is 0 Å². The molecule has 0 unspecified atom stereocenters. The van der Waals surface area contributed by atoms with Gasteiger partial charge in [0.1, 0.15) is 6.54 Å². The maximum absolute atomic E-state index is 13.0. The standard InChI is InChI=1S/C23H19N3O4/c1-2-30-20(27)14-26-19-13-6-5-12-18(19)24-21(23(26)29)25-22(28)17-11-7-9-15-8-3-4-10-16(15)17/h3-13H,2,14H2,1H3,(H,24,25,28). The summed E-state index contributed by atoms with van der Waals surface area (Å²) in [5.74, 6) is -1.13. The van der Waals surface area contributed by atoms with Crippen LogP contribution in [0.25, 0.3) is 21.8 Å². The summed E-state index contributed by atoms with van der Waals surface area (Å²) in [6.07, 6.45) is 0. The zero-order valence-electron chi connectivity index (χ0n) is 16.3. The lowest BCUT2D eigenvalue weighted by Crippen LogP contribution is -2.30. The molecular weight excluding hydrogens is 382 g/mol. The van der Waals surface area contributed by atoms with Crippen molar-refractivity contribution in [2.24, 2.45) is 0 Å². The highest BCUT2D eigenvalue weighted by Gasteiger charge is 2.17. The fourth-order valence-electron chi connectivity index (χ4n) is 3.36. The quantitative estimate of drug-likeness (QED) is 0.518. The molecule has 7 nitrogen and oxygen atoms in total. The molecular formula is C23H19N3O4. The van der Waals surface area contributed by atoms with Gasteiger partial charge in [0.2, 0.25) is 0 Å². The van der Waals surface area contributed by atoms with Crippen molar-refractivity contribution < 1.29 is 14.3 Å². The first-order chi connectivity index (χ1) is 14.6. The topological polar surface area (TPSA) is 90.3 Å². The summed E-state index contributed by atoms with van der Waals surface area (Å²) >= 11 is 0. The molecule has 0 spiro atoms. The largest absolute Gasteiger partial charge is 0.465 e. The van der Waals surface area contributed by atoms with Gasteiger partial charge in [0.15, 0.2) is 5.82 Å². The maximum Gasteiger partial charge on any atom is 0.326 e. The van der Waals surface area contributed by atoms with Gasteiger partial charge in [-0.3, -0.25) is 19.0 Å². The van der Waals surface area contributed by atoms with E-state index < -0.39 is 17.4 Å². The van der Waals surface area contributed by atoms with Crippen molar-refractivity contribution >= 4 is 39.5 Å². The van der Waals surface area contributed by atoms with Crippen molar-refractivity contribution in [3.8, 4) is 0 Å². The van der Waals surface area contributed by atoms with Crippen LogP contribution in [0.5, 0.6) is 0 Å². The number of nitrogens with zero attached hydrogens (tertiary/aromatic N) is 2. The lowest BCUT2D eigenvalue weighted by atomic mass is 10.0. The number of hydrogen-bond donors (Lipinski definition) is 1. The van der Waals surface area contributed by atoms with Crippen LogP contribution in [0, 0.1) is 0 Å². The molecule has 1 amide bonds. The third-order valence-electron chi connectivity index (χ3n) is 4.71. The minimum atomic E-state index is -0.574. The van der Waals surface area contributed by atoms with Gasteiger partial charge in [0.25, 0.3) is 11.5 Å². The molecule has 0 bridgehead atoms. The van der Waals surface area contributed by atoms with E-state index in [4.69, 9.17) is 4.74 Å². The normalized spacial score (nSPS) is 10.8. The minimum Gasteiger partial charge on any atom is -0.465 e. The number of nitrogens with one attached hydrogen (secondary N) is 1. The van der Waals surface area contributed by atoms with Crippen LogP contribution in [-0.2, 0) is 16.1 Å². The highest BCUT2D eigenvalue weighted by molar-refractivity contribution is 6.12. The van der Waals surface area contributed by atoms with E-state index in [9.17, 15) is 14.4 Å². The van der Waals surface area contributed by atoms with Crippen molar-refractivity contribution in [3.63, 3.8) is 0 Å². The van der Waals surface area contributed by atoms with Gasteiger partial charge in [-0.05, 0) is 35.9 Å². The zero-order valence-corrected chi connectivity index (χ0v) is 16.3. The summed E-state index contributed by atoms with van der Waals surface area (Å²) in [7, 11) is 0. The van der Waals surface area contributed by atoms with E-state index in [1.54, 1.807) is 43.3 Å². The van der Waals surface area contributed by atoms with Gasteiger partial charge in [-0.2, -0.15) is 0 Å². The van der Waals surface area contributed by atoms with Crippen molar-refractivity contribution in [2.75, 3.05) is 11.9 Å². The van der Waals surface area contributed by atoms with E-state index in [0.717, 1.165) is 10.8 Å². The molecule has 4 rings (SSSR count). The van der Waals surface area contributed by atoms with Crippen LogP contribution in [0.15, 0.2) is 71.5 Å². The Morgan fingerprint density at radius 1 is 1.00 bits per heavy atom. The highest BCUT2D eigenvalue weighted by atomic mass is 16.5. The number of carbonyl (C=O) groups is 2. The Morgan fingerprint density at radius 2 is 1.73 bits per heavy atom. The van der Waals surface area contributed by atoms with Gasteiger partial charge in [-0.25, -0.2) is 4.98 Å². The zero-order chi connectivity index (χ0) is 21.1. The molecule has 0 atom stereocenters. The first-order valence-electron chi connectivity index (χ1n) is 9.53. The predicted octanol–water partition coefficient (Wildman–Crippen LogP) is 3.37. The molecule has 0 fully saturated rings. The van der Waals surface area contributed by atoms with E-state index in [1.165, 1.54) is 4.57 Å². The summed E-state index contributed by atoms with van der Waals surface area (Å²) in [6, 6.07) is 19.8. The number of fused-ring (bicyclic) bond motifs is 2. The molecule has 4 aromatic rings. The highest BCUT2D eigenvalue weighted by Crippen LogP contribution is 2.19. The number of benzene rings is 3. The first kappa shape index (κ1) is 19.3. The fourth-order valence-corrected chi connectivity index (χ4v) is 3.36. The van der Waals surface area contributed by atoms with E-state index in [0.29, 0.717) is 16.6 Å². The summed E-state index contributed by atoms with van der Waals surface area (Å²) < 4.78 is 6.24. The maximum atomic E-state index is 13.0. The molecule has 0 saturated carbocycles. The Bertz CT molecular complexity index is 1320. The number of carbonyl (C=O) groups excluding carboxylic acids is 2. The summed E-state index contributed by atoms with van der Waals surface area (Å²) in [4.78, 5) is 42.3. The Kier molecular flexibility index (Phi) is 5.26. The second kappa shape index (κ2) is 8.16. The van der Waals surface area contributed by atoms with Gasteiger partial charge in [0, 0.05) is 5.56 Å². The number of rotatable bonds is 5. The fraction of sp³-hybridized carbons (Fsp3) is 0.130. The van der Waals surface area contributed by atoms with E-state index >= 15 is 0 Å². The second-order valence-electron chi connectivity index (χ2n) is 6.63. The van der Waals surface area contributed by atoms with Gasteiger partial charge in [-0.1, -0.05) is 48.5 Å². The Hall–Kier alpha value is -4.00. The molecule has 0 aliphatic carbocycles. The second-order valence-corrected chi connectivity index (χ2v) is 6.63. The van der Waals surface area contributed by atoms with Crippen molar-refractivity contribution in [2.45, 2.75) is 13.5 Å². The number of anilines is 1. The Labute approximate surface area is 171 Å². The molecule has 30 heavy (non-hydrogen) atoms. The average Bonchev–Trinajstić information content (AvgIpc) is 2.76. The predicted molar refractivity (Wildman–Crippen MR) is 115 cm³/mol. The van der Waals surface area contributed by atoms with Gasteiger partial charge in [0.05, 0.1) is 17.6 Å². The molecule has 7 heteroatoms. The third kappa shape index (κ3) is 3.65. The third-order valence-corrected chi connectivity index (χ3v) is 4.71. The smallest absolute Gasteiger partial charge is 0.326 e. The van der Waals surface area contributed by atoms with E-state index in [1.807, 2.05) is 30.3 Å². The molecule has 150 valence electrons. The minimum absolute atomic E-state index is 0.143. The number of ether oxygens (including phenoxy) is 1. The molecule has 1 N–H and O–H groups in total. The van der Waals surface area contributed by atoms with Gasteiger partial charge >= 0.3 is 5.97 Å². The van der Waals surface area contributed by atoms with Crippen LogP contribution in [0.4, 0.5) is 5.82 Å². The number of hydrogen-bond acceptors (Lipinski definition) is 5. The molecule has 0 aliphatic heterocycles. The molecule has 1 aromatic heterocycles. The molecule has 3 aromatic carbocycles. The van der Waals surface area contributed by atoms with E-state index in [-0.39, 0.29) is 19.0 Å². The van der Waals surface area contributed by atoms with Crippen LogP contribution < -0.4 is 10.9 Å². The number of para-hydroxylation sites is 2. The summed E-state index contributed by atoms with van der Waals surface area (Å²) in [6.45, 7) is 1.63. The SMILES string of the molecule is CCOC(=O)Cn1c(=O)c(NC(=O)c2cccc3ccccc23)nc2ccccc21. The molecule has 0 saturated heterocycles. The Morgan fingerprint density at radius 3 is 2.57 bits per heavy atom. The van der Waals surface area contributed by atoms with Crippen molar-refractivity contribution in [3.05, 3.63) is 82.6 Å². The van der Waals surface area contributed by atoms with Crippen LogP contribution in [0.3, 0.4) is 0 Å². The van der Waals surface area contributed by atoms with Crippen LogP contribution in [0.2, 0.25) is 0 Å². The average molecular weight is 401 g/mol. The number of esters is 1. The van der Waals surface area contributed by atoms with Crippen molar-refractivity contribution in [1.29, 1.82) is 0 Å². The monoisotopic (exact) mass is 401 g/mol. The van der Waals surface area contributed by atoms with Crippen LogP contribution in [0.1, 0.15) is 17.3 Å². The number of aromatic nitrogens is 2. The van der Waals surface area contributed by atoms with Crippen molar-refractivity contribution in [1.82, 2.24) is 9.55 Å². The van der Waals surface area contributed by atoms with E-state index in [2.05, 4.69) is 10.3 Å². The molecule has 1 heterocycles. The molecule has 0 radical (unpaired) electrons. The first-order valence-corrected chi connectivity index (χ1v) is 9.53. The van der Waals surface area contributed by atoms with Gasteiger partial charge < -0.3 is 10.1 Å². The lowest BCUT2D eigenvalue weighted by molar-refractivity contribution is -0.143. The lowest BCUT2D eigenvalue weighted by Gasteiger charge is -2.13. The summed E-state index contributed by atoms with van der Waals surface area (Å²) in [5.41, 5.74) is 0.822. The Balaban J connectivity index is 1.77.